The van der Waals surface area contributed by atoms with Gasteiger partial charge in [-0.2, -0.15) is 0 Å². The SMILES string of the molecule is C[S@](=O)c1ccc(NC(=O)c2ccc(-c3ccc(F)cc3)o2)cc1F. The lowest BCUT2D eigenvalue weighted by Crippen LogP contribution is -2.11. The predicted octanol–water partition coefficient (Wildman–Crippen LogP) is 4.21. The maximum absolute atomic E-state index is 13.8. The first kappa shape index (κ1) is 17.0. The second-order valence-corrected chi connectivity index (χ2v) is 6.57. The van der Waals surface area contributed by atoms with Crippen molar-refractivity contribution in [1.82, 2.24) is 0 Å². The number of nitrogens with one attached hydrogen (secondary N) is 1. The highest BCUT2D eigenvalue weighted by Crippen LogP contribution is 2.23. The minimum atomic E-state index is -1.45. The number of rotatable bonds is 4. The minimum absolute atomic E-state index is 0.0304. The number of amides is 1. The maximum Gasteiger partial charge on any atom is 0.291 e. The molecule has 0 spiro atoms. The molecule has 7 heteroatoms. The molecule has 3 rings (SSSR count). The standard InChI is InChI=1S/C18H13F2NO3S/c1-25(23)17-9-6-13(10-14(17)20)21-18(22)16-8-7-15(24-16)11-2-4-12(19)5-3-11/h2-10H,1H3,(H,21,22)/t25-/m0/s1. The Morgan fingerprint density at radius 3 is 2.40 bits per heavy atom. The smallest absolute Gasteiger partial charge is 0.291 e. The Labute approximate surface area is 144 Å². The van der Waals surface area contributed by atoms with Crippen LogP contribution < -0.4 is 5.32 Å². The van der Waals surface area contributed by atoms with Gasteiger partial charge >= 0.3 is 0 Å². The van der Waals surface area contributed by atoms with E-state index in [1.807, 2.05) is 0 Å². The van der Waals surface area contributed by atoms with Crippen LogP contribution in [0.1, 0.15) is 10.6 Å². The Balaban J connectivity index is 1.77. The topological polar surface area (TPSA) is 59.3 Å². The Hall–Kier alpha value is -2.80. The number of carbonyl (C=O) groups is 1. The first-order valence-electron chi connectivity index (χ1n) is 7.24. The summed E-state index contributed by atoms with van der Waals surface area (Å²) in [5.74, 6) is -1.15. The number of anilines is 1. The van der Waals surface area contributed by atoms with Gasteiger partial charge in [-0.05, 0) is 54.6 Å². The van der Waals surface area contributed by atoms with Crippen molar-refractivity contribution in [3.05, 3.63) is 72.0 Å². The lowest BCUT2D eigenvalue weighted by molar-refractivity contribution is 0.0997. The van der Waals surface area contributed by atoms with Crippen molar-refractivity contribution in [2.75, 3.05) is 11.6 Å². The second-order valence-electron chi connectivity index (χ2n) is 5.22. The van der Waals surface area contributed by atoms with E-state index in [4.69, 9.17) is 4.42 Å². The molecule has 0 saturated heterocycles. The average molecular weight is 361 g/mol. The van der Waals surface area contributed by atoms with E-state index in [2.05, 4.69) is 5.32 Å². The lowest BCUT2D eigenvalue weighted by Gasteiger charge is -2.05. The van der Waals surface area contributed by atoms with E-state index in [9.17, 15) is 17.8 Å². The van der Waals surface area contributed by atoms with Crippen molar-refractivity contribution in [1.29, 1.82) is 0 Å². The number of furan rings is 1. The zero-order valence-electron chi connectivity index (χ0n) is 13.1. The molecule has 0 aliphatic heterocycles. The van der Waals surface area contributed by atoms with E-state index in [0.29, 0.717) is 11.3 Å². The minimum Gasteiger partial charge on any atom is -0.451 e. The van der Waals surface area contributed by atoms with Crippen LogP contribution in [0.3, 0.4) is 0 Å². The summed E-state index contributed by atoms with van der Waals surface area (Å²) in [5.41, 5.74) is 0.845. The highest BCUT2D eigenvalue weighted by Gasteiger charge is 2.14. The Morgan fingerprint density at radius 2 is 1.76 bits per heavy atom. The molecule has 4 nitrogen and oxygen atoms in total. The average Bonchev–Trinajstić information content (AvgIpc) is 3.05. The molecule has 3 aromatic rings. The third-order valence-corrected chi connectivity index (χ3v) is 4.41. The molecule has 0 fully saturated rings. The van der Waals surface area contributed by atoms with Gasteiger partial charge in [0.1, 0.15) is 17.4 Å². The molecule has 0 bridgehead atoms. The van der Waals surface area contributed by atoms with Crippen LogP contribution in [0.4, 0.5) is 14.5 Å². The second kappa shape index (κ2) is 6.98. The molecule has 2 aromatic carbocycles. The number of halogens is 2. The Morgan fingerprint density at radius 1 is 1.04 bits per heavy atom. The Kier molecular flexibility index (Phi) is 4.76. The van der Waals surface area contributed by atoms with Gasteiger partial charge in [0.25, 0.3) is 5.91 Å². The van der Waals surface area contributed by atoms with Crippen LogP contribution in [0, 0.1) is 11.6 Å². The molecule has 0 unspecified atom stereocenters. The van der Waals surface area contributed by atoms with E-state index < -0.39 is 22.5 Å². The van der Waals surface area contributed by atoms with Gasteiger partial charge in [0.2, 0.25) is 0 Å². The Bertz CT molecular complexity index is 951. The summed E-state index contributed by atoms with van der Waals surface area (Å²) in [5, 5.41) is 2.51. The summed E-state index contributed by atoms with van der Waals surface area (Å²) in [7, 11) is -1.45. The molecular formula is C18H13F2NO3S. The van der Waals surface area contributed by atoms with Gasteiger partial charge in [0, 0.05) is 17.5 Å². The van der Waals surface area contributed by atoms with Gasteiger partial charge in [-0.3, -0.25) is 9.00 Å². The fourth-order valence-corrected chi connectivity index (χ4v) is 2.83. The molecule has 0 saturated carbocycles. The zero-order valence-corrected chi connectivity index (χ0v) is 13.9. The molecular weight excluding hydrogens is 348 g/mol. The highest BCUT2D eigenvalue weighted by atomic mass is 32.2. The number of hydrogen-bond acceptors (Lipinski definition) is 3. The molecule has 1 amide bonds. The summed E-state index contributed by atoms with van der Waals surface area (Å²) in [4.78, 5) is 12.3. The monoisotopic (exact) mass is 361 g/mol. The van der Waals surface area contributed by atoms with Gasteiger partial charge in [0.15, 0.2) is 5.76 Å². The molecule has 0 aliphatic rings. The van der Waals surface area contributed by atoms with Gasteiger partial charge in [-0.25, -0.2) is 8.78 Å². The summed E-state index contributed by atoms with van der Waals surface area (Å²) in [6.45, 7) is 0. The van der Waals surface area contributed by atoms with Gasteiger partial charge in [-0.1, -0.05) is 0 Å². The molecule has 0 aliphatic carbocycles. The molecule has 1 N–H and O–H groups in total. The maximum atomic E-state index is 13.8. The van der Waals surface area contributed by atoms with Crippen LogP contribution in [0.15, 0.2) is 63.9 Å². The van der Waals surface area contributed by atoms with E-state index in [1.165, 1.54) is 48.7 Å². The van der Waals surface area contributed by atoms with Crippen LogP contribution in [-0.2, 0) is 10.8 Å². The fourth-order valence-electron chi connectivity index (χ4n) is 2.23. The summed E-state index contributed by atoms with van der Waals surface area (Å²) < 4.78 is 43.5. The van der Waals surface area contributed by atoms with Crippen molar-refractivity contribution in [3.8, 4) is 11.3 Å². The molecule has 1 heterocycles. The van der Waals surface area contributed by atoms with Crippen molar-refractivity contribution >= 4 is 22.4 Å². The van der Waals surface area contributed by atoms with Crippen molar-refractivity contribution in [3.63, 3.8) is 0 Å². The van der Waals surface area contributed by atoms with Crippen LogP contribution >= 0.6 is 0 Å². The molecule has 128 valence electrons. The molecule has 1 atom stereocenters. The van der Waals surface area contributed by atoms with E-state index in [0.717, 1.165) is 6.07 Å². The number of hydrogen-bond donors (Lipinski definition) is 1. The van der Waals surface area contributed by atoms with E-state index in [-0.39, 0.29) is 22.2 Å². The van der Waals surface area contributed by atoms with Crippen LogP contribution in [0.2, 0.25) is 0 Å². The molecule has 0 radical (unpaired) electrons. The van der Waals surface area contributed by atoms with Gasteiger partial charge in [-0.15, -0.1) is 0 Å². The molecule has 1 aromatic heterocycles. The summed E-state index contributed by atoms with van der Waals surface area (Å²) >= 11 is 0. The summed E-state index contributed by atoms with van der Waals surface area (Å²) in [6, 6.07) is 12.6. The zero-order chi connectivity index (χ0) is 18.0. The number of benzene rings is 2. The third kappa shape index (κ3) is 3.83. The number of carbonyl (C=O) groups excluding carboxylic acids is 1. The third-order valence-electron chi connectivity index (χ3n) is 3.46. The highest BCUT2D eigenvalue weighted by molar-refractivity contribution is 7.84. The van der Waals surface area contributed by atoms with Crippen molar-refractivity contribution in [2.24, 2.45) is 0 Å². The first-order chi connectivity index (χ1) is 11.9. The van der Waals surface area contributed by atoms with Crippen molar-refractivity contribution < 1.29 is 22.2 Å². The van der Waals surface area contributed by atoms with E-state index >= 15 is 0 Å². The quantitative estimate of drug-likeness (QED) is 0.757. The largest absolute Gasteiger partial charge is 0.451 e. The van der Waals surface area contributed by atoms with Gasteiger partial charge in [0.05, 0.1) is 15.7 Å². The first-order valence-corrected chi connectivity index (χ1v) is 8.80. The predicted molar refractivity (Wildman–Crippen MR) is 90.8 cm³/mol. The molecule has 25 heavy (non-hydrogen) atoms. The summed E-state index contributed by atoms with van der Waals surface area (Å²) in [6.07, 6.45) is 1.37. The van der Waals surface area contributed by atoms with Crippen LogP contribution in [-0.4, -0.2) is 16.4 Å². The van der Waals surface area contributed by atoms with E-state index in [1.54, 1.807) is 6.07 Å². The fraction of sp³-hybridized carbons (Fsp3) is 0.0556. The van der Waals surface area contributed by atoms with Crippen molar-refractivity contribution in [2.45, 2.75) is 4.90 Å². The lowest BCUT2D eigenvalue weighted by atomic mass is 10.2. The van der Waals surface area contributed by atoms with Gasteiger partial charge < -0.3 is 9.73 Å². The van der Waals surface area contributed by atoms with Crippen LogP contribution in [0.5, 0.6) is 0 Å². The normalized spacial score (nSPS) is 12.0. The van der Waals surface area contributed by atoms with Crippen LogP contribution in [0.25, 0.3) is 11.3 Å².